The number of carbonyl (C=O) groups excluding carboxylic acids is 2. The first kappa shape index (κ1) is 12.0. The molecule has 3 amide bonds. The molecule has 1 aromatic heterocycles. The third kappa shape index (κ3) is 1.82. The molecule has 0 spiro atoms. The summed E-state index contributed by atoms with van der Waals surface area (Å²) in [5.74, 6) is -0.183. The van der Waals surface area contributed by atoms with Gasteiger partial charge < -0.3 is 4.90 Å². The number of hydrogen-bond acceptors (Lipinski definition) is 4. The predicted octanol–water partition coefficient (Wildman–Crippen LogP) is 1.75. The van der Waals surface area contributed by atoms with Crippen molar-refractivity contribution in [1.29, 1.82) is 0 Å². The van der Waals surface area contributed by atoms with Crippen molar-refractivity contribution < 1.29 is 9.59 Å². The van der Waals surface area contributed by atoms with E-state index in [9.17, 15) is 9.59 Å². The maximum atomic E-state index is 11.9. The van der Waals surface area contributed by atoms with Gasteiger partial charge in [0.2, 0.25) is 0 Å². The summed E-state index contributed by atoms with van der Waals surface area (Å²) in [4.78, 5) is 30.3. The van der Waals surface area contributed by atoms with Gasteiger partial charge in [-0.3, -0.25) is 15.1 Å². The average molecular weight is 253 g/mol. The second kappa shape index (κ2) is 4.44. The standard InChI is InChI=1S/C11H15N3O2S/c1-3-11(4-2)9(15)13-10(16)14(11)6-8-5-12-7-17-8/h5,7H,3-4,6H2,1-2H3,(H,13,15,16). The zero-order chi connectivity index (χ0) is 12.5. The van der Waals surface area contributed by atoms with Crippen LogP contribution in [0, 0.1) is 0 Å². The van der Waals surface area contributed by atoms with E-state index in [0.717, 1.165) is 4.88 Å². The smallest absolute Gasteiger partial charge is 0.305 e. The number of imide groups is 1. The first-order valence-electron chi connectivity index (χ1n) is 5.64. The first-order valence-corrected chi connectivity index (χ1v) is 6.52. The van der Waals surface area contributed by atoms with Gasteiger partial charge in [-0.15, -0.1) is 11.3 Å². The van der Waals surface area contributed by atoms with E-state index in [-0.39, 0.29) is 11.9 Å². The van der Waals surface area contributed by atoms with Crippen molar-refractivity contribution in [2.24, 2.45) is 0 Å². The lowest BCUT2D eigenvalue weighted by Crippen LogP contribution is -2.48. The van der Waals surface area contributed by atoms with Crippen LogP contribution in [0.5, 0.6) is 0 Å². The van der Waals surface area contributed by atoms with Gasteiger partial charge in [-0.05, 0) is 12.8 Å². The minimum absolute atomic E-state index is 0.183. The first-order chi connectivity index (χ1) is 8.14. The minimum atomic E-state index is -0.693. The Bertz CT molecular complexity index is 426. The highest BCUT2D eigenvalue weighted by molar-refractivity contribution is 7.09. The molecule has 92 valence electrons. The highest BCUT2D eigenvalue weighted by Crippen LogP contribution is 2.31. The van der Waals surface area contributed by atoms with Crippen LogP contribution >= 0.6 is 11.3 Å². The molecule has 0 aromatic carbocycles. The molecule has 2 rings (SSSR count). The summed E-state index contributed by atoms with van der Waals surface area (Å²) in [6.07, 6.45) is 2.98. The summed E-state index contributed by atoms with van der Waals surface area (Å²) >= 11 is 1.49. The van der Waals surface area contributed by atoms with E-state index in [2.05, 4.69) is 10.3 Å². The summed E-state index contributed by atoms with van der Waals surface area (Å²) < 4.78 is 0. The molecular formula is C11H15N3O2S. The Morgan fingerprint density at radius 1 is 1.41 bits per heavy atom. The molecule has 6 heteroatoms. The molecule has 1 aromatic rings. The lowest BCUT2D eigenvalue weighted by Gasteiger charge is -2.33. The third-order valence-corrected chi connectivity index (χ3v) is 4.14. The molecule has 2 heterocycles. The average Bonchev–Trinajstić information content (AvgIpc) is 2.89. The monoisotopic (exact) mass is 253 g/mol. The van der Waals surface area contributed by atoms with Crippen LogP contribution in [0.25, 0.3) is 0 Å². The summed E-state index contributed by atoms with van der Waals surface area (Å²) in [6, 6.07) is -0.299. The van der Waals surface area contributed by atoms with Crippen molar-refractivity contribution in [2.45, 2.75) is 38.8 Å². The van der Waals surface area contributed by atoms with Gasteiger partial charge in [0.05, 0.1) is 12.1 Å². The predicted molar refractivity (Wildman–Crippen MR) is 64.5 cm³/mol. The molecule has 0 atom stereocenters. The van der Waals surface area contributed by atoms with Crippen molar-refractivity contribution in [1.82, 2.24) is 15.2 Å². The molecule has 17 heavy (non-hydrogen) atoms. The van der Waals surface area contributed by atoms with Gasteiger partial charge in [0.15, 0.2) is 0 Å². The van der Waals surface area contributed by atoms with Crippen LogP contribution in [0.3, 0.4) is 0 Å². The van der Waals surface area contributed by atoms with Crippen LogP contribution < -0.4 is 5.32 Å². The maximum Gasteiger partial charge on any atom is 0.325 e. The number of carbonyl (C=O) groups is 2. The van der Waals surface area contributed by atoms with Gasteiger partial charge in [-0.1, -0.05) is 13.8 Å². The Balaban J connectivity index is 2.29. The Morgan fingerprint density at radius 2 is 2.12 bits per heavy atom. The topological polar surface area (TPSA) is 62.3 Å². The number of hydrogen-bond donors (Lipinski definition) is 1. The Morgan fingerprint density at radius 3 is 2.65 bits per heavy atom. The van der Waals surface area contributed by atoms with Gasteiger partial charge in [0.1, 0.15) is 5.54 Å². The van der Waals surface area contributed by atoms with E-state index >= 15 is 0 Å². The second-order valence-electron chi connectivity index (χ2n) is 4.05. The van der Waals surface area contributed by atoms with E-state index in [1.54, 1.807) is 16.6 Å². The quantitative estimate of drug-likeness (QED) is 0.832. The Labute approximate surface area is 104 Å². The van der Waals surface area contributed by atoms with Crippen LogP contribution in [0.1, 0.15) is 31.6 Å². The van der Waals surface area contributed by atoms with Crippen LogP contribution in [-0.2, 0) is 11.3 Å². The van der Waals surface area contributed by atoms with Crippen LogP contribution in [-0.4, -0.2) is 27.4 Å². The molecule has 1 saturated heterocycles. The van der Waals surface area contributed by atoms with Crippen molar-refractivity contribution in [3.05, 3.63) is 16.6 Å². The molecule has 0 unspecified atom stereocenters. The molecule has 1 fully saturated rings. The van der Waals surface area contributed by atoms with Crippen molar-refractivity contribution in [2.75, 3.05) is 0 Å². The number of nitrogens with one attached hydrogen (secondary N) is 1. The van der Waals surface area contributed by atoms with Crippen molar-refractivity contribution >= 4 is 23.3 Å². The number of thiazole rings is 1. The fourth-order valence-corrected chi connectivity index (χ4v) is 2.83. The Kier molecular flexibility index (Phi) is 3.15. The SMILES string of the molecule is CCC1(CC)C(=O)NC(=O)N1Cc1cncs1. The number of rotatable bonds is 4. The Hall–Kier alpha value is -1.43. The normalized spacial score (nSPS) is 18.6. The summed E-state index contributed by atoms with van der Waals surface area (Å²) in [5.41, 5.74) is 1.03. The fraction of sp³-hybridized carbons (Fsp3) is 0.545. The highest BCUT2D eigenvalue weighted by Gasteiger charge is 2.50. The van der Waals surface area contributed by atoms with Crippen molar-refractivity contribution in [3.63, 3.8) is 0 Å². The summed E-state index contributed by atoms with van der Waals surface area (Å²) in [7, 11) is 0. The van der Waals surface area contributed by atoms with Crippen LogP contribution in [0.4, 0.5) is 4.79 Å². The van der Waals surface area contributed by atoms with E-state index in [4.69, 9.17) is 0 Å². The van der Waals surface area contributed by atoms with E-state index in [1.807, 2.05) is 13.8 Å². The number of nitrogens with zero attached hydrogens (tertiary/aromatic N) is 2. The zero-order valence-corrected chi connectivity index (χ0v) is 10.7. The summed E-state index contributed by atoms with van der Waals surface area (Å²) in [6.45, 7) is 4.31. The molecule has 1 N–H and O–H groups in total. The lowest BCUT2D eigenvalue weighted by atomic mass is 9.91. The molecule has 5 nitrogen and oxygen atoms in total. The maximum absolute atomic E-state index is 11.9. The zero-order valence-electron chi connectivity index (χ0n) is 9.90. The van der Waals surface area contributed by atoms with E-state index in [0.29, 0.717) is 19.4 Å². The largest absolute Gasteiger partial charge is 0.325 e. The fourth-order valence-electron chi connectivity index (χ4n) is 2.25. The number of amides is 3. The third-order valence-electron chi connectivity index (χ3n) is 3.37. The molecule has 1 aliphatic rings. The molecular weight excluding hydrogens is 238 g/mol. The molecule has 0 aliphatic carbocycles. The van der Waals surface area contributed by atoms with Gasteiger partial charge >= 0.3 is 6.03 Å². The van der Waals surface area contributed by atoms with E-state index in [1.165, 1.54) is 11.3 Å². The van der Waals surface area contributed by atoms with Crippen LogP contribution in [0.2, 0.25) is 0 Å². The molecule has 1 aliphatic heterocycles. The molecule has 0 bridgehead atoms. The number of urea groups is 1. The highest BCUT2D eigenvalue weighted by atomic mass is 32.1. The van der Waals surface area contributed by atoms with Gasteiger partial charge in [-0.25, -0.2) is 4.79 Å². The second-order valence-corrected chi connectivity index (χ2v) is 5.02. The summed E-state index contributed by atoms with van der Waals surface area (Å²) in [5, 5.41) is 2.40. The van der Waals surface area contributed by atoms with Crippen LogP contribution in [0.15, 0.2) is 11.7 Å². The van der Waals surface area contributed by atoms with E-state index < -0.39 is 5.54 Å². The molecule has 0 saturated carbocycles. The van der Waals surface area contributed by atoms with Crippen molar-refractivity contribution in [3.8, 4) is 0 Å². The lowest BCUT2D eigenvalue weighted by molar-refractivity contribution is -0.127. The number of aromatic nitrogens is 1. The van der Waals surface area contributed by atoms with Gasteiger partial charge in [0, 0.05) is 11.1 Å². The van der Waals surface area contributed by atoms with Gasteiger partial charge in [-0.2, -0.15) is 0 Å². The molecule has 0 radical (unpaired) electrons. The minimum Gasteiger partial charge on any atom is -0.305 e. The van der Waals surface area contributed by atoms with Gasteiger partial charge in [0.25, 0.3) is 5.91 Å².